The molecule has 0 saturated carbocycles. The topological polar surface area (TPSA) is 83.0 Å². The number of nitrogen functional groups attached to an aromatic ring is 1. The predicted molar refractivity (Wildman–Crippen MR) is 59.2 cm³/mol. The van der Waals surface area contributed by atoms with E-state index >= 15 is 0 Å². The number of hydrogen-bond donors (Lipinski definition) is 1. The quantitative estimate of drug-likeness (QED) is 0.798. The number of nitrogens with zero attached hydrogens (tertiary/aromatic N) is 3. The maximum Gasteiger partial charge on any atom is 0.360 e. The van der Waals surface area contributed by atoms with Gasteiger partial charge in [-0.3, -0.25) is 0 Å². The molecule has 2 aromatic heterocycles. The van der Waals surface area contributed by atoms with Gasteiger partial charge < -0.3 is 15.0 Å². The largest absolute Gasteiger partial charge is 0.464 e. The second-order valence-electron chi connectivity index (χ2n) is 3.02. The van der Waals surface area contributed by atoms with E-state index in [1.807, 2.05) is 5.38 Å². The molecule has 7 heteroatoms. The van der Waals surface area contributed by atoms with Gasteiger partial charge in [0.2, 0.25) is 0 Å². The first-order valence-electron chi connectivity index (χ1n) is 4.49. The van der Waals surface area contributed by atoms with Crippen LogP contribution in [0, 0.1) is 0 Å². The van der Waals surface area contributed by atoms with Crippen molar-refractivity contribution < 1.29 is 9.53 Å². The lowest BCUT2D eigenvalue weighted by atomic mass is 10.4. The number of aromatic nitrogens is 3. The Hall–Kier alpha value is -1.89. The van der Waals surface area contributed by atoms with Crippen LogP contribution in [0.2, 0.25) is 0 Å². The number of methoxy groups -OCH3 is 1. The number of thiazole rings is 1. The minimum absolute atomic E-state index is 0.138. The summed E-state index contributed by atoms with van der Waals surface area (Å²) in [6.07, 6.45) is 3.22. The molecule has 0 bridgehead atoms. The summed E-state index contributed by atoms with van der Waals surface area (Å²) in [5.74, 6) is -0.238. The van der Waals surface area contributed by atoms with Crippen LogP contribution < -0.4 is 5.73 Å². The first-order valence-corrected chi connectivity index (χ1v) is 5.37. The number of imidazole rings is 1. The van der Waals surface area contributed by atoms with Gasteiger partial charge in [-0.1, -0.05) is 0 Å². The summed E-state index contributed by atoms with van der Waals surface area (Å²) in [5.41, 5.74) is 5.91. The van der Waals surface area contributed by atoms with Gasteiger partial charge in [-0.25, -0.2) is 14.8 Å². The van der Waals surface area contributed by atoms with Gasteiger partial charge in [-0.15, -0.1) is 11.3 Å². The first kappa shape index (κ1) is 10.6. The van der Waals surface area contributed by atoms with Crippen LogP contribution in [0.15, 0.2) is 17.9 Å². The highest BCUT2D eigenvalue weighted by molar-refractivity contribution is 7.09. The van der Waals surface area contributed by atoms with Crippen molar-refractivity contribution in [3.05, 3.63) is 28.6 Å². The third-order valence-corrected chi connectivity index (χ3v) is 2.81. The van der Waals surface area contributed by atoms with Crippen LogP contribution in [-0.4, -0.2) is 27.6 Å². The molecule has 6 nitrogen and oxygen atoms in total. The van der Waals surface area contributed by atoms with E-state index in [2.05, 4.69) is 14.7 Å². The molecule has 84 valence electrons. The van der Waals surface area contributed by atoms with Gasteiger partial charge in [-0.2, -0.15) is 0 Å². The fraction of sp³-hybridized carbons (Fsp3) is 0.222. The normalized spacial score (nSPS) is 10.3. The fourth-order valence-corrected chi connectivity index (χ4v) is 1.86. The molecule has 2 aromatic rings. The lowest BCUT2D eigenvalue weighted by molar-refractivity contribution is 0.0596. The Bertz CT molecular complexity index is 492. The van der Waals surface area contributed by atoms with E-state index in [0.717, 1.165) is 5.01 Å². The molecule has 0 fully saturated rings. The van der Waals surface area contributed by atoms with Crippen LogP contribution in [0.3, 0.4) is 0 Å². The van der Waals surface area contributed by atoms with Gasteiger partial charge in [0.05, 0.1) is 20.0 Å². The molecule has 0 aromatic carbocycles. The molecule has 0 atom stereocenters. The molecule has 0 radical (unpaired) electrons. The zero-order chi connectivity index (χ0) is 11.5. The summed E-state index contributed by atoms with van der Waals surface area (Å²) < 4.78 is 6.22. The van der Waals surface area contributed by atoms with E-state index in [9.17, 15) is 4.79 Å². The van der Waals surface area contributed by atoms with Crippen LogP contribution in [-0.2, 0) is 11.3 Å². The highest BCUT2D eigenvalue weighted by Gasteiger charge is 2.16. The third kappa shape index (κ3) is 1.89. The van der Waals surface area contributed by atoms with Gasteiger partial charge in [0.1, 0.15) is 10.8 Å². The first-order chi connectivity index (χ1) is 7.72. The molecular weight excluding hydrogens is 228 g/mol. The molecule has 0 aliphatic rings. The van der Waals surface area contributed by atoms with Crippen molar-refractivity contribution in [2.24, 2.45) is 0 Å². The molecule has 0 aliphatic heterocycles. The summed E-state index contributed by atoms with van der Waals surface area (Å²) in [4.78, 5) is 19.3. The van der Waals surface area contributed by atoms with Crippen molar-refractivity contribution in [2.75, 3.05) is 12.8 Å². The van der Waals surface area contributed by atoms with Gasteiger partial charge >= 0.3 is 5.97 Å². The average Bonchev–Trinajstić information content (AvgIpc) is 2.90. The molecule has 2 N–H and O–H groups in total. The Kier molecular flexibility index (Phi) is 2.86. The van der Waals surface area contributed by atoms with Crippen molar-refractivity contribution in [3.63, 3.8) is 0 Å². The maximum absolute atomic E-state index is 11.3. The number of hydrogen-bond acceptors (Lipinski definition) is 6. The van der Waals surface area contributed by atoms with Crippen LogP contribution in [0.5, 0.6) is 0 Å². The Morgan fingerprint density at radius 1 is 1.62 bits per heavy atom. The minimum atomic E-state index is -0.532. The Morgan fingerprint density at radius 3 is 3.06 bits per heavy atom. The Labute approximate surface area is 95.7 Å². The molecule has 2 rings (SSSR count). The van der Waals surface area contributed by atoms with Crippen LogP contribution in [0.1, 0.15) is 15.5 Å². The summed E-state index contributed by atoms with van der Waals surface area (Å²) >= 11 is 1.52. The molecule has 0 unspecified atom stereocenters. The van der Waals surface area contributed by atoms with Gasteiger partial charge in [0, 0.05) is 11.6 Å². The lowest BCUT2D eigenvalue weighted by Gasteiger charge is -2.02. The van der Waals surface area contributed by atoms with Crippen molar-refractivity contribution in [1.82, 2.24) is 14.5 Å². The Balaban J connectivity index is 2.23. The predicted octanol–water partition coefficient (Wildman–Crippen LogP) is 0.757. The van der Waals surface area contributed by atoms with Crippen molar-refractivity contribution in [3.8, 4) is 0 Å². The zero-order valence-electron chi connectivity index (χ0n) is 8.58. The lowest BCUT2D eigenvalue weighted by Crippen LogP contribution is -2.08. The number of carbonyl (C=O) groups excluding carboxylic acids is 1. The molecule has 2 heterocycles. The summed E-state index contributed by atoms with van der Waals surface area (Å²) in [6, 6.07) is 0. The summed E-state index contributed by atoms with van der Waals surface area (Å²) in [7, 11) is 1.29. The monoisotopic (exact) mass is 238 g/mol. The van der Waals surface area contributed by atoms with Gasteiger partial charge in [-0.05, 0) is 0 Å². The van der Waals surface area contributed by atoms with Crippen LogP contribution in [0.4, 0.5) is 5.82 Å². The highest BCUT2D eigenvalue weighted by Crippen LogP contribution is 2.14. The van der Waals surface area contributed by atoms with Crippen LogP contribution in [0.25, 0.3) is 0 Å². The third-order valence-electron chi connectivity index (χ3n) is 2.05. The molecule has 0 amide bonds. The van der Waals surface area contributed by atoms with Gasteiger partial charge in [0.15, 0.2) is 5.69 Å². The second-order valence-corrected chi connectivity index (χ2v) is 4.00. The number of nitrogens with two attached hydrogens (primary N) is 1. The van der Waals surface area contributed by atoms with E-state index in [1.54, 1.807) is 10.8 Å². The minimum Gasteiger partial charge on any atom is -0.464 e. The highest BCUT2D eigenvalue weighted by atomic mass is 32.1. The van der Waals surface area contributed by atoms with E-state index < -0.39 is 5.97 Å². The maximum atomic E-state index is 11.3. The number of rotatable bonds is 3. The molecule has 0 aliphatic carbocycles. The van der Waals surface area contributed by atoms with Crippen LogP contribution >= 0.6 is 11.3 Å². The number of carbonyl (C=O) groups is 1. The van der Waals surface area contributed by atoms with E-state index in [1.165, 1.54) is 24.8 Å². The van der Waals surface area contributed by atoms with Crippen molar-refractivity contribution in [1.29, 1.82) is 0 Å². The summed E-state index contributed by atoms with van der Waals surface area (Å²) in [6.45, 7) is 0.507. The Morgan fingerprint density at radius 2 is 2.44 bits per heavy atom. The van der Waals surface area contributed by atoms with E-state index in [0.29, 0.717) is 12.4 Å². The SMILES string of the molecule is COC(=O)c1ncn(Cc2nccs2)c1N. The number of esters is 1. The zero-order valence-corrected chi connectivity index (χ0v) is 9.40. The summed E-state index contributed by atoms with van der Waals surface area (Å²) in [5, 5.41) is 2.78. The standard InChI is InChI=1S/C9H10N4O2S/c1-15-9(14)7-8(10)13(5-12-7)4-6-11-2-3-16-6/h2-3,5H,4,10H2,1H3. The number of ether oxygens (including phenoxy) is 1. The fourth-order valence-electron chi connectivity index (χ4n) is 1.25. The molecule has 0 spiro atoms. The van der Waals surface area contributed by atoms with E-state index in [-0.39, 0.29) is 5.69 Å². The smallest absolute Gasteiger partial charge is 0.360 e. The second kappa shape index (κ2) is 4.31. The molecular formula is C9H10N4O2S. The molecule has 16 heavy (non-hydrogen) atoms. The number of anilines is 1. The van der Waals surface area contributed by atoms with Crippen molar-refractivity contribution >= 4 is 23.1 Å². The molecule has 0 saturated heterocycles. The average molecular weight is 238 g/mol. The van der Waals surface area contributed by atoms with Gasteiger partial charge in [0.25, 0.3) is 0 Å². The van der Waals surface area contributed by atoms with Crippen molar-refractivity contribution in [2.45, 2.75) is 6.54 Å². The van der Waals surface area contributed by atoms with E-state index in [4.69, 9.17) is 5.73 Å².